The van der Waals surface area contributed by atoms with Crippen LogP contribution < -0.4 is 0 Å². The van der Waals surface area contributed by atoms with E-state index in [1.54, 1.807) is 0 Å². The van der Waals surface area contributed by atoms with Crippen molar-refractivity contribution >= 4 is 0 Å². The van der Waals surface area contributed by atoms with Gasteiger partial charge in [-0.2, -0.15) is 0 Å². The fraction of sp³-hybridized carbons (Fsp3) is 1.00. The third kappa shape index (κ3) is 2.48. The minimum atomic E-state index is 0.520. The SMILES string of the molecule is CC[C@@H](C)C1O[C@H]1[C@H]1[C@@H](C)CC[C@H]2C(C)(C)CCC[C@]12C. The lowest BCUT2D eigenvalue weighted by molar-refractivity contribution is -0.101. The van der Waals surface area contributed by atoms with Gasteiger partial charge >= 0.3 is 0 Å². The molecule has 122 valence electrons. The molecule has 2 aliphatic carbocycles. The van der Waals surface area contributed by atoms with Gasteiger partial charge in [-0.25, -0.2) is 0 Å². The summed E-state index contributed by atoms with van der Waals surface area (Å²) in [5, 5.41) is 0. The van der Waals surface area contributed by atoms with Crippen LogP contribution in [0.1, 0.15) is 80.1 Å². The van der Waals surface area contributed by atoms with Gasteiger partial charge in [-0.15, -0.1) is 0 Å². The van der Waals surface area contributed by atoms with Crippen LogP contribution in [-0.2, 0) is 4.74 Å². The quantitative estimate of drug-likeness (QED) is 0.610. The molecular weight excluding hydrogens is 256 g/mol. The van der Waals surface area contributed by atoms with E-state index in [2.05, 4.69) is 41.5 Å². The van der Waals surface area contributed by atoms with Crippen molar-refractivity contribution in [3.8, 4) is 0 Å². The zero-order valence-electron chi connectivity index (χ0n) is 15.1. The van der Waals surface area contributed by atoms with Gasteiger partial charge in [0.1, 0.15) is 0 Å². The van der Waals surface area contributed by atoms with E-state index in [4.69, 9.17) is 4.74 Å². The maximum atomic E-state index is 6.26. The standard InChI is InChI=1S/C20H36O/c1-7-13(2)17-18(21-17)16-14(3)9-10-15-19(4,5)11-8-12-20(15,16)6/h13-18H,7-12H2,1-6H3/t13-,14+,15+,16-,17?,18+,20+/m1/s1. The molecule has 0 amide bonds. The number of hydrogen-bond donors (Lipinski definition) is 0. The second-order valence-electron chi connectivity index (χ2n) is 9.43. The van der Waals surface area contributed by atoms with Gasteiger partial charge in [-0.3, -0.25) is 0 Å². The summed E-state index contributed by atoms with van der Waals surface area (Å²) in [7, 11) is 0. The van der Waals surface area contributed by atoms with Gasteiger partial charge in [-0.05, 0) is 53.8 Å². The molecule has 1 saturated heterocycles. The minimum absolute atomic E-state index is 0.520. The van der Waals surface area contributed by atoms with Gasteiger partial charge in [0.15, 0.2) is 0 Å². The molecule has 3 rings (SSSR count). The first-order valence-electron chi connectivity index (χ1n) is 9.46. The fourth-order valence-electron chi connectivity index (χ4n) is 6.36. The van der Waals surface area contributed by atoms with Gasteiger partial charge in [0.05, 0.1) is 12.2 Å². The van der Waals surface area contributed by atoms with Crippen LogP contribution in [0.25, 0.3) is 0 Å². The highest BCUT2D eigenvalue weighted by Crippen LogP contribution is 2.64. The molecule has 21 heavy (non-hydrogen) atoms. The van der Waals surface area contributed by atoms with Crippen molar-refractivity contribution in [3.05, 3.63) is 0 Å². The summed E-state index contributed by atoms with van der Waals surface area (Å²) in [5.41, 5.74) is 1.05. The summed E-state index contributed by atoms with van der Waals surface area (Å²) >= 11 is 0. The Morgan fingerprint density at radius 1 is 1.14 bits per heavy atom. The maximum absolute atomic E-state index is 6.26. The normalized spacial score (nSPS) is 50.3. The summed E-state index contributed by atoms with van der Waals surface area (Å²) < 4.78 is 6.26. The first-order chi connectivity index (χ1) is 9.81. The lowest BCUT2D eigenvalue weighted by Gasteiger charge is -2.59. The average Bonchev–Trinajstić information content (AvgIpc) is 3.16. The molecule has 1 nitrogen and oxygen atoms in total. The van der Waals surface area contributed by atoms with Crippen LogP contribution >= 0.6 is 0 Å². The Morgan fingerprint density at radius 2 is 1.86 bits per heavy atom. The molecule has 0 bridgehead atoms. The van der Waals surface area contributed by atoms with Crippen molar-refractivity contribution in [1.82, 2.24) is 0 Å². The molecule has 0 N–H and O–H groups in total. The second-order valence-corrected chi connectivity index (χ2v) is 9.43. The molecule has 0 aromatic rings. The molecular formula is C20H36O. The van der Waals surface area contributed by atoms with Crippen molar-refractivity contribution in [1.29, 1.82) is 0 Å². The van der Waals surface area contributed by atoms with E-state index in [1.807, 2.05) is 0 Å². The minimum Gasteiger partial charge on any atom is -0.369 e. The Balaban J connectivity index is 1.85. The molecule has 0 aromatic carbocycles. The predicted octanol–water partition coefficient (Wildman–Crippen LogP) is 5.68. The maximum Gasteiger partial charge on any atom is 0.0880 e. The van der Waals surface area contributed by atoms with Crippen LogP contribution in [-0.4, -0.2) is 12.2 Å². The van der Waals surface area contributed by atoms with E-state index in [0.717, 1.165) is 23.7 Å². The van der Waals surface area contributed by atoms with Crippen LogP contribution in [0.5, 0.6) is 0 Å². The largest absolute Gasteiger partial charge is 0.369 e. The number of ether oxygens (including phenoxy) is 1. The van der Waals surface area contributed by atoms with Crippen molar-refractivity contribution in [2.45, 2.75) is 92.3 Å². The van der Waals surface area contributed by atoms with Crippen LogP contribution in [0.15, 0.2) is 0 Å². The summed E-state index contributed by atoms with van der Waals surface area (Å²) in [6, 6.07) is 0. The summed E-state index contributed by atoms with van der Waals surface area (Å²) in [4.78, 5) is 0. The van der Waals surface area contributed by atoms with Crippen molar-refractivity contribution in [3.63, 3.8) is 0 Å². The Hall–Kier alpha value is -0.0400. The van der Waals surface area contributed by atoms with Gasteiger partial charge in [0, 0.05) is 0 Å². The van der Waals surface area contributed by atoms with E-state index in [1.165, 1.54) is 38.5 Å². The number of fused-ring (bicyclic) bond motifs is 1. The van der Waals surface area contributed by atoms with Gasteiger partial charge in [-0.1, -0.05) is 60.8 Å². The van der Waals surface area contributed by atoms with Crippen molar-refractivity contribution in [2.75, 3.05) is 0 Å². The molecule has 1 heteroatoms. The predicted molar refractivity (Wildman–Crippen MR) is 89.2 cm³/mol. The van der Waals surface area contributed by atoms with Crippen LogP contribution in [0.3, 0.4) is 0 Å². The average molecular weight is 293 g/mol. The summed E-state index contributed by atoms with van der Waals surface area (Å²) in [5.74, 6) is 3.29. The lowest BCUT2D eigenvalue weighted by atomic mass is 9.46. The monoisotopic (exact) mass is 292 g/mol. The van der Waals surface area contributed by atoms with Crippen molar-refractivity contribution in [2.24, 2.45) is 34.5 Å². The topological polar surface area (TPSA) is 12.5 Å². The first kappa shape index (κ1) is 15.8. The zero-order valence-corrected chi connectivity index (χ0v) is 15.1. The van der Waals surface area contributed by atoms with Crippen molar-refractivity contribution < 1.29 is 4.74 Å². The molecule has 1 aliphatic heterocycles. The molecule has 7 atom stereocenters. The smallest absolute Gasteiger partial charge is 0.0880 e. The molecule has 0 spiro atoms. The summed E-state index contributed by atoms with van der Waals surface area (Å²) in [6.07, 6.45) is 9.53. The number of rotatable bonds is 3. The van der Waals surface area contributed by atoms with E-state index in [9.17, 15) is 0 Å². The van der Waals surface area contributed by atoms with E-state index < -0.39 is 0 Å². The first-order valence-corrected chi connectivity index (χ1v) is 9.46. The van der Waals surface area contributed by atoms with Gasteiger partial charge in [0.2, 0.25) is 0 Å². The third-order valence-corrected chi connectivity index (χ3v) is 7.68. The van der Waals surface area contributed by atoms with Crippen LogP contribution in [0, 0.1) is 34.5 Å². The van der Waals surface area contributed by atoms with Gasteiger partial charge in [0.25, 0.3) is 0 Å². The molecule has 3 aliphatic rings. The zero-order chi connectivity index (χ0) is 15.4. The fourth-order valence-corrected chi connectivity index (χ4v) is 6.36. The molecule has 2 saturated carbocycles. The highest BCUT2D eigenvalue weighted by atomic mass is 16.6. The van der Waals surface area contributed by atoms with E-state index in [-0.39, 0.29) is 0 Å². The Labute approximate surface area is 132 Å². The Morgan fingerprint density at radius 3 is 2.52 bits per heavy atom. The second kappa shape index (κ2) is 5.25. The highest BCUT2D eigenvalue weighted by molar-refractivity contribution is 5.09. The molecule has 1 heterocycles. The molecule has 0 radical (unpaired) electrons. The third-order valence-electron chi connectivity index (χ3n) is 7.68. The number of epoxide rings is 1. The lowest BCUT2D eigenvalue weighted by Crippen LogP contribution is -2.53. The van der Waals surface area contributed by atoms with Gasteiger partial charge < -0.3 is 4.74 Å². The number of hydrogen-bond acceptors (Lipinski definition) is 1. The molecule has 3 fully saturated rings. The van der Waals surface area contributed by atoms with Crippen LogP contribution in [0.2, 0.25) is 0 Å². The Bertz CT molecular complexity index is 387. The highest BCUT2D eigenvalue weighted by Gasteiger charge is 2.61. The molecule has 1 unspecified atom stereocenters. The van der Waals surface area contributed by atoms with E-state index >= 15 is 0 Å². The van der Waals surface area contributed by atoms with E-state index in [0.29, 0.717) is 23.0 Å². The molecule has 0 aromatic heterocycles. The Kier molecular flexibility index (Phi) is 3.96. The summed E-state index contributed by atoms with van der Waals surface area (Å²) in [6.45, 7) is 14.9. The van der Waals surface area contributed by atoms with Crippen LogP contribution in [0.4, 0.5) is 0 Å².